The maximum atomic E-state index is 12.6. The molecule has 174 valence electrons. The maximum Gasteiger partial charge on any atom is 0.269 e. The van der Waals surface area contributed by atoms with Gasteiger partial charge in [-0.1, -0.05) is 18.2 Å². The Morgan fingerprint density at radius 1 is 0.971 bits per heavy atom. The second-order valence-corrected chi connectivity index (χ2v) is 7.53. The van der Waals surface area contributed by atoms with E-state index < -0.39 is 11.8 Å². The number of aromatic hydroxyl groups is 1. The number of carbonyl (C=O) groups excluding carboxylic acids is 2. The first-order valence-corrected chi connectivity index (χ1v) is 10.7. The van der Waals surface area contributed by atoms with Crippen LogP contribution in [0.1, 0.15) is 21.5 Å². The van der Waals surface area contributed by atoms with Gasteiger partial charge in [-0.25, -0.2) is 9.97 Å². The number of benzene rings is 2. The number of phenolic OH excluding ortho intramolecular Hbond substituents is 1. The number of hydrogen-bond donors (Lipinski definition) is 4. The fourth-order valence-electron chi connectivity index (χ4n) is 3.14. The monoisotopic (exact) mass is 466 g/mol. The summed E-state index contributed by atoms with van der Waals surface area (Å²) in [5, 5.41) is 12.6. The van der Waals surface area contributed by atoms with E-state index in [0.717, 1.165) is 11.1 Å². The molecule has 0 bridgehead atoms. The standard InChI is InChI=1S/C26H22N6O3/c1-17-7-9-19(25(35)32-31-24(34)10-8-18-4-2-6-21(33)14-18)15-23(17)30-26-28-13-11-22(29-26)20-5-3-12-27-16-20/h2-16,33H,1H3,(H,31,34)(H,32,35)(H,28,29,30)/b10-8+. The van der Waals surface area contributed by atoms with Gasteiger partial charge < -0.3 is 10.4 Å². The van der Waals surface area contributed by atoms with E-state index in [1.165, 1.54) is 24.3 Å². The third kappa shape index (κ3) is 6.26. The molecule has 2 aromatic heterocycles. The summed E-state index contributed by atoms with van der Waals surface area (Å²) in [6, 6.07) is 17.1. The molecule has 4 rings (SSSR count). The summed E-state index contributed by atoms with van der Waals surface area (Å²) < 4.78 is 0. The molecule has 35 heavy (non-hydrogen) atoms. The van der Waals surface area contributed by atoms with Crippen LogP contribution < -0.4 is 16.2 Å². The van der Waals surface area contributed by atoms with Gasteiger partial charge in [0.05, 0.1) is 5.69 Å². The van der Waals surface area contributed by atoms with Crippen LogP contribution in [-0.2, 0) is 4.79 Å². The Hall–Kier alpha value is -5.05. The van der Waals surface area contributed by atoms with Crippen molar-refractivity contribution in [3.05, 3.63) is 102 Å². The Bertz CT molecular complexity index is 1390. The first kappa shape index (κ1) is 23.1. The minimum absolute atomic E-state index is 0.0962. The predicted molar refractivity (Wildman–Crippen MR) is 132 cm³/mol. The van der Waals surface area contributed by atoms with Crippen LogP contribution in [0.3, 0.4) is 0 Å². The molecule has 0 atom stereocenters. The number of phenols is 1. The zero-order valence-electron chi connectivity index (χ0n) is 18.8. The molecule has 2 aromatic carbocycles. The molecule has 0 aliphatic heterocycles. The number of rotatable bonds is 6. The Morgan fingerprint density at radius 3 is 2.66 bits per heavy atom. The topological polar surface area (TPSA) is 129 Å². The maximum absolute atomic E-state index is 12.6. The first-order valence-electron chi connectivity index (χ1n) is 10.7. The molecular weight excluding hydrogens is 444 g/mol. The Kier molecular flexibility index (Phi) is 7.08. The highest BCUT2D eigenvalue weighted by atomic mass is 16.3. The van der Waals surface area contributed by atoms with Crippen LogP contribution in [0.5, 0.6) is 5.75 Å². The summed E-state index contributed by atoms with van der Waals surface area (Å²) in [5.41, 5.74) is 8.80. The molecule has 0 unspecified atom stereocenters. The van der Waals surface area contributed by atoms with Gasteiger partial charge in [0, 0.05) is 41.5 Å². The lowest BCUT2D eigenvalue weighted by Gasteiger charge is -2.11. The number of aromatic nitrogens is 3. The second-order valence-electron chi connectivity index (χ2n) is 7.53. The van der Waals surface area contributed by atoms with Crippen LogP contribution in [0.4, 0.5) is 11.6 Å². The fraction of sp³-hybridized carbons (Fsp3) is 0.0385. The van der Waals surface area contributed by atoms with Gasteiger partial charge in [-0.2, -0.15) is 0 Å². The smallest absolute Gasteiger partial charge is 0.269 e. The minimum atomic E-state index is -0.521. The lowest BCUT2D eigenvalue weighted by atomic mass is 10.1. The Morgan fingerprint density at radius 2 is 1.86 bits per heavy atom. The number of amides is 2. The van der Waals surface area contributed by atoms with E-state index in [2.05, 4.69) is 31.1 Å². The normalized spacial score (nSPS) is 10.7. The second kappa shape index (κ2) is 10.7. The number of carbonyl (C=O) groups is 2. The van der Waals surface area contributed by atoms with E-state index in [0.29, 0.717) is 28.5 Å². The Labute approximate surface area is 201 Å². The van der Waals surface area contributed by atoms with Gasteiger partial charge in [-0.15, -0.1) is 0 Å². The van der Waals surface area contributed by atoms with E-state index in [1.807, 2.05) is 19.1 Å². The molecule has 9 heteroatoms. The quantitative estimate of drug-likeness (QED) is 0.251. The van der Waals surface area contributed by atoms with Crippen LogP contribution >= 0.6 is 0 Å². The van der Waals surface area contributed by atoms with Crippen molar-refractivity contribution in [3.8, 4) is 17.0 Å². The molecule has 4 N–H and O–H groups in total. The number of anilines is 2. The van der Waals surface area contributed by atoms with Crippen LogP contribution in [-0.4, -0.2) is 31.9 Å². The molecular formula is C26H22N6O3. The van der Waals surface area contributed by atoms with Crippen LogP contribution in [0.2, 0.25) is 0 Å². The molecule has 0 saturated carbocycles. The highest BCUT2D eigenvalue weighted by molar-refractivity contribution is 5.98. The van der Waals surface area contributed by atoms with E-state index in [4.69, 9.17) is 0 Å². The van der Waals surface area contributed by atoms with Gasteiger partial charge in [0.1, 0.15) is 5.75 Å². The molecule has 0 aliphatic carbocycles. The van der Waals surface area contributed by atoms with Crippen molar-refractivity contribution in [2.45, 2.75) is 6.92 Å². The van der Waals surface area contributed by atoms with Crippen LogP contribution in [0.15, 0.2) is 85.3 Å². The van der Waals surface area contributed by atoms with Crippen LogP contribution in [0, 0.1) is 6.92 Å². The Balaban J connectivity index is 1.41. The van der Waals surface area contributed by atoms with E-state index in [-0.39, 0.29) is 5.75 Å². The van der Waals surface area contributed by atoms with Gasteiger partial charge in [0.25, 0.3) is 11.8 Å². The number of hydrazine groups is 1. The number of aryl methyl sites for hydroxylation is 1. The van der Waals surface area contributed by atoms with Gasteiger partial charge in [-0.3, -0.25) is 25.4 Å². The molecule has 0 saturated heterocycles. The first-order chi connectivity index (χ1) is 17.0. The van der Waals surface area contributed by atoms with Crippen molar-refractivity contribution in [2.24, 2.45) is 0 Å². The van der Waals surface area contributed by atoms with E-state index >= 15 is 0 Å². The number of nitrogens with one attached hydrogen (secondary N) is 3. The van der Waals surface area contributed by atoms with Crippen LogP contribution in [0.25, 0.3) is 17.3 Å². The molecule has 0 aliphatic rings. The number of nitrogens with zero attached hydrogens (tertiary/aromatic N) is 3. The summed E-state index contributed by atoms with van der Waals surface area (Å²) in [6.07, 6.45) is 7.83. The molecule has 0 fully saturated rings. The zero-order chi connectivity index (χ0) is 24.6. The van der Waals surface area contributed by atoms with E-state index in [1.54, 1.807) is 55.0 Å². The highest BCUT2D eigenvalue weighted by Gasteiger charge is 2.10. The molecule has 0 spiro atoms. The van der Waals surface area contributed by atoms with Gasteiger partial charge >= 0.3 is 0 Å². The van der Waals surface area contributed by atoms with Crippen molar-refractivity contribution in [2.75, 3.05) is 5.32 Å². The number of pyridine rings is 1. The third-order valence-corrected chi connectivity index (χ3v) is 4.96. The zero-order valence-corrected chi connectivity index (χ0v) is 18.8. The van der Waals surface area contributed by atoms with Gasteiger partial charge in [0.2, 0.25) is 5.95 Å². The van der Waals surface area contributed by atoms with Crippen molar-refractivity contribution in [1.29, 1.82) is 0 Å². The average molecular weight is 467 g/mol. The lowest BCUT2D eigenvalue weighted by Crippen LogP contribution is -2.40. The third-order valence-electron chi connectivity index (χ3n) is 4.96. The largest absolute Gasteiger partial charge is 0.508 e. The number of hydrogen-bond acceptors (Lipinski definition) is 7. The van der Waals surface area contributed by atoms with Crippen molar-refractivity contribution in [1.82, 2.24) is 25.8 Å². The highest BCUT2D eigenvalue weighted by Crippen LogP contribution is 2.22. The SMILES string of the molecule is Cc1ccc(C(=O)NNC(=O)/C=C/c2cccc(O)c2)cc1Nc1nccc(-c2cccnc2)n1. The van der Waals surface area contributed by atoms with Gasteiger partial charge in [-0.05, 0) is 66.6 Å². The summed E-state index contributed by atoms with van der Waals surface area (Å²) >= 11 is 0. The summed E-state index contributed by atoms with van der Waals surface area (Å²) in [7, 11) is 0. The van der Waals surface area contributed by atoms with Crippen molar-refractivity contribution >= 4 is 29.5 Å². The molecule has 2 heterocycles. The fourth-order valence-corrected chi connectivity index (χ4v) is 3.14. The molecule has 2 amide bonds. The summed E-state index contributed by atoms with van der Waals surface area (Å²) in [5.74, 6) is -0.541. The van der Waals surface area contributed by atoms with Gasteiger partial charge in [0.15, 0.2) is 0 Å². The minimum Gasteiger partial charge on any atom is -0.508 e. The van der Waals surface area contributed by atoms with Crippen molar-refractivity contribution < 1.29 is 14.7 Å². The molecule has 9 nitrogen and oxygen atoms in total. The predicted octanol–water partition coefficient (Wildman–Crippen LogP) is 3.77. The lowest BCUT2D eigenvalue weighted by molar-refractivity contribution is -0.117. The average Bonchev–Trinajstić information content (AvgIpc) is 2.88. The summed E-state index contributed by atoms with van der Waals surface area (Å²) in [4.78, 5) is 37.5. The van der Waals surface area contributed by atoms with Crippen molar-refractivity contribution in [3.63, 3.8) is 0 Å². The molecule has 4 aromatic rings. The summed E-state index contributed by atoms with van der Waals surface area (Å²) in [6.45, 7) is 1.89. The molecule has 0 radical (unpaired) electrons. The van der Waals surface area contributed by atoms with E-state index in [9.17, 15) is 14.7 Å².